The largest absolute Gasteiger partial charge is 0.329 e. The van der Waals surface area contributed by atoms with Gasteiger partial charge in [-0.05, 0) is 43.2 Å². The zero-order valence-electron chi connectivity index (χ0n) is 13.2. The lowest BCUT2D eigenvalue weighted by molar-refractivity contribution is 0.132. The zero-order chi connectivity index (χ0) is 14.7. The SMILES string of the molecule is CC1CC1CNC1(CN)CCN(Cc2ccccc2)CC1. The molecule has 3 N–H and O–H groups in total. The number of nitrogens with two attached hydrogens (primary N) is 1. The van der Waals surface area contributed by atoms with Gasteiger partial charge in [-0.25, -0.2) is 0 Å². The molecule has 0 aromatic heterocycles. The average Bonchev–Trinajstić information content (AvgIpc) is 3.24. The second-order valence-electron chi connectivity index (χ2n) is 7.10. The molecular formula is C18H29N3. The first kappa shape index (κ1) is 15.0. The molecule has 1 saturated carbocycles. The Bertz CT molecular complexity index is 437. The van der Waals surface area contributed by atoms with Crippen LogP contribution in [-0.4, -0.2) is 36.6 Å². The lowest BCUT2D eigenvalue weighted by Crippen LogP contribution is -2.58. The van der Waals surface area contributed by atoms with Crippen LogP contribution in [0.4, 0.5) is 0 Å². The van der Waals surface area contributed by atoms with Gasteiger partial charge in [0.2, 0.25) is 0 Å². The highest BCUT2D eigenvalue weighted by Gasteiger charge is 2.37. The van der Waals surface area contributed by atoms with Crippen molar-refractivity contribution in [2.24, 2.45) is 17.6 Å². The van der Waals surface area contributed by atoms with Crippen molar-refractivity contribution in [3.05, 3.63) is 35.9 Å². The van der Waals surface area contributed by atoms with Crippen LogP contribution < -0.4 is 11.1 Å². The van der Waals surface area contributed by atoms with Gasteiger partial charge in [0, 0.05) is 31.7 Å². The molecule has 0 radical (unpaired) electrons. The molecule has 3 heteroatoms. The predicted molar refractivity (Wildman–Crippen MR) is 88.0 cm³/mol. The normalized spacial score (nSPS) is 28.5. The Morgan fingerprint density at radius 3 is 2.48 bits per heavy atom. The minimum Gasteiger partial charge on any atom is -0.329 e. The molecule has 3 nitrogen and oxygen atoms in total. The molecule has 2 aliphatic rings. The van der Waals surface area contributed by atoms with Gasteiger partial charge in [-0.2, -0.15) is 0 Å². The van der Waals surface area contributed by atoms with E-state index in [0.717, 1.165) is 44.6 Å². The van der Waals surface area contributed by atoms with Gasteiger partial charge in [0.05, 0.1) is 0 Å². The number of benzene rings is 1. The second kappa shape index (κ2) is 6.47. The third kappa shape index (κ3) is 3.85. The van der Waals surface area contributed by atoms with Crippen LogP contribution in [0.15, 0.2) is 30.3 Å². The first-order chi connectivity index (χ1) is 10.2. The smallest absolute Gasteiger partial charge is 0.0328 e. The van der Waals surface area contributed by atoms with Crippen molar-refractivity contribution in [2.75, 3.05) is 26.2 Å². The Morgan fingerprint density at radius 1 is 1.24 bits per heavy atom. The lowest BCUT2D eigenvalue weighted by atomic mass is 9.87. The van der Waals surface area contributed by atoms with E-state index in [1.165, 1.54) is 24.8 Å². The summed E-state index contributed by atoms with van der Waals surface area (Å²) >= 11 is 0. The van der Waals surface area contributed by atoms with Gasteiger partial charge in [0.25, 0.3) is 0 Å². The molecule has 2 atom stereocenters. The van der Waals surface area contributed by atoms with Gasteiger partial charge >= 0.3 is 0 Å². The number of nitrogens with one attached hydrogen (secondary N) is 1. The maximum Gasteiger partial charge on any atom is 0.0328 e. The maximum absolute atomic E-state index is 6.10. The van der Waals surface area contributed by atoms with Gasteiger partial charge in [-0.3, -0.25) is 4.90 Å². The van der Waals surface area contributed by atoms with Crippen LogP contribution in [0.2, 0.25) is 0 Å². The van der Waals surface area contributed by atoms with Gasteiger partial charge in [0.1, 0.15) is 0 Å². The van der Waals surface area contributed by atoms with Crippen molar-refractivity contribution in [1.29, 1.82) is 0 Å². The van der Waals surface area contributed by atoms with Crippen molar-refractivity contribution in [2.45, 2.75) is 38.3 Å². The third-order valence-electron chi connectivity index (χ3n) is 5.47. The van der Waals surface area contributed by atoms with Crippen LogP contribution in [0.5, 0.6) is 0 Å². The topological polar surface area (TPSA) is 41.3 Å². The van der Waals surface area contributed by atoms with E-state index in [4.69, 9.17) is 5.73 Å². The summed E-state index contributed by atoms with van der Waals surface area (Å²) in [6, 6.07) is 10.8. The zero-order valence-corrected chi connectivity index (χ0v) is 13.2. The number of hydrogen-bond donors (Lipinski definition) is 2. The summed E-state index contributed by atoms with van der Waals surface area (Å²) in [5.41, 5.74) is 7.70. The molecule has 0 spiro atoms. The van der Waals surface area contributed by atoms with Crippen molar-refractivity contribution < 1.29 is 0 Å². The Hall–Kier alpha value is -0.900. The Kier molecular flexibility index (Phi) is 4.63. The minimum absolute atomic E-state index is 0.190. The molecule has 1 aliphatic heterocycles. The molecule has 2 fully saturated rings. The average molecular weight is 287 g/mol. The summed E-state index contributed by atoms with van der Waals surface area (Å²) < 4.78 is 0. The fraction of sp³-hybridized carbons (Fsp3) is 0.667. The molecule has 0 amide bonds. The van der Waals surface area contributed by atoms with E-state index in [2.05, 4.69) is 47.5 Å². The molecule has 0 bridgehead atoms. The molecule has 1 heterocycles. The Balaban J connectivity index is 1.48. The van der Waals surface area contributed by atoms with E-state index >= 15 is 0 Å². The van der Waals surface area contributed by atoms with E-state index in [1.807, 2.05) is 0 Å². The highest BCUT2D eigenvalue weighted by molar-refractivity contribution is 5.14. The summed E-state index contributed by atoms with van der Waals surface area (Å²) in [7, 11) is 0. The standard InChI is InChI=1S/C18H29N3/c1-15-11-17(15)12-20-18(14-19)7-9-21(10-8-18)13-16-5-3-2-4-6-16/h2-6,15,17,20H,7-14,19H2,1H3. The van der Waals surface area contributed by atoms with Gasteiger partial charge in [-0.15, -0.1) is 0 Å². The van der Waals surface area contributed by atoms with Crippen molar-refractivity contribution in [3.8, 4) is 0 Å². The van der Waals surface area contributed by atoms with E-state index in [1.54, 1.807) is 0 Å². The van der Waals surface area contributed by atoms with Crippen LogP contribution in [-0.2, 0) is 6.54 Å². The Labute approximate surface area is 128 Å². The van der Waals surface area contributed by atoms with Crippen LogP contribution in [0.1, 0.15) is 31.7 Å². The summed E-state index contributed by atoms with van der Waals surface area (Å²) in [6.45, 7) is 7.66. The number of piperidine rings is 1. The summed E-state index contributed by atoms with van der Waals surface area (Å²) in [4.78, 5) is 2.56. The molecule has 1 saturated heterocycles. The molecule has 3 rings (SSSR count). The van der Waals surface area contributed by atoms with Crippen LogP contribution in [0.25, 0.3) is 0 Å². The Morgan fingerprint density at radius 2 is 1.90 bits per heavy atom. The molecule has 1 aromatic carbocycles. The predicted octanol–water partition coefficient (Wildman–Crippen LogP) is 2.23. The maximum atomic E-state index is 6.10. The lowest BCUT2D eigenvalue weighted by Gasteiger charge is -2.42. The van der Waals surface area contributed by atoms with E-state index in [9.17, 15) is 0 Å². The molecule has 2 unspecified atom stereocenters. The second-order valence-corrected chi connectivity index (χ2v) is 7.10. The van der Waals surface area contributed by atoms with Gasteiger partial charge in [-0.1, -0.05) is 37.3 Å². The molecule has 21 heavy (non-hydrogen) atoms. The van der Waals surface area contributed by atoms with Crippen LogP contribution in [0, 0.1) is 11.8 Å². The molecule has 1 aromatic rings. The first-order valence-electron chi connectivity index (χ1n) is 8.42. The molecule has 116 valence electrons. The van der Waals surface area contributed by atoms with E-state index in [0.29, 0.717) is 0 Å². The van der Waals surface area contributed by atoms with Crippen molar-refractivity contribution in [3.63, 3.8) is 0 Å². The summed E-state index contributed by atoms with van der Waals surface area (Å²) in [6.07, 6.45) is 3.75. The van der Waals surface area contributed by atoms with E-state index < -0.39 is 0 Å². The fourth-order valence-electron chi connectivity index (χ4n) is 3.46. The summed E-state index contributed by atoms with van der Waals surface area (Å²) in [5, 5.41) is 3.81. The first-order valence-corrected chi connectivity index (χ1v) is 8.42. The van der Waals surface area contributed by atoms with Gasteiger partial charge < -0.3 is 11.1 Å². The van der Waals surface area contributed by atoms with Crippen LogP contribution in [0.3, 0.4) is 0 Å². The highest BCUT2D eigenvalue weighted by Crippen LogP contribution is 2.37. The number of hydrogen-bond acceptors (Lipinski definition) is 3. The number of nitrogens with zero attached hydrogens (tertiary/aromatic N) is 1. The quantitative estimate of drug-likeness (QED) is 0.843. The molecule has 1 aliphatic carbocycles. The molecular weight excluding hydrogens is 258 g/mol. The van der Waals surface area contributed by atoms with Crippen molar-refractivity contribution in [1.82, 2.24) is 10.2 Å². The number of likely N-dealkylation sites (tertiary alicyclic amines) is 1. The van der Waals surface area contributed by atoms with Gasteiger partial charge in [0.15, 0.2) is 0 Å². The monoisotopic (exact) mass is 287 g/mol. The minimum atomic E-state index is 0.190. The number of rotatable bonds is 6. The third-order valence-corrected chi connectivity index (χ3v) is 5.47. The summed E-state index contributed by atoms with van der Waals surface area (Å²) in [5.74, 6) is 1.82. The highest BCUT2D eigenvalue weighted by atomic mass is 15.2. The van der Waals surface area contributed by atoms with E-state index in [-0.39, 0.29) is 5.54 Å². The fourth-order valence-corrected chi connectivity index (χ4v) is 3.46. The van der Waals surface area contributed by atoms with Crippen LogP contribution >= 0.6 is 0 Å². The van der Waals surface area contributed by atoms with Crippen molar-refractivity contribution >= 4 is 0 Å².